The predicted octanol–water partition coefficient (Wildman–Crippen LogP) is 5.78. The zero-order valence-electron chi connectivity index (χ0n) is 15.3. The van der Waals surface area contributed by atoms with Gasteiger partial charge >= 0.3 is 0 Å². The lowest BCUT2D eigenvalue weighted by Crippen LogP contribution is -2.11. The van der Waals surface area contributed by atoms with E-state index < -0.39 is 0 Å². The van der Waals surface area contributed by atoms with Gasteiger partial charge < -0.3 is 4.57 Å². The standard InChI is InChI=1S/C22H31NO/c1-3-4-5-6-7-8-9-10-11-12-15-19-18-22(24)20-16-13-14-17-21(20)23(19)2/h10-11,13-14,16-18H,3-9,12,15H2,1-2H3/b11-10+. The Kier molecular flexibility index (Phi) is 7.81. The first-order valence-corrected chi connectivity index (χ1v) is 9.46. The molecule has 1 aromatic carbocycles. The molecule has 24 heavy (non-hydrogen) atoms. The van der Waals surface area contributed by atoms with E-state index in [4.69, 9.17) is 0 Å². The van der Waals surface area contributed by atoms with Crippen molar-refractivity contribution in [3.63, 3.8) is 0 Å². The molecule has 2 aromatic rings. The molecule has 2 rings (SSSR count). The van der Waals surface area contributed by atoms with Gasteiger partial charge in [-0.05, 0) is 37.8 Å². The molecule has 0 saturated carbocycles. The van der Waals surface area contributed by atoms with Gasteiger partial charge in [-0.15, -0.1) is 0 Å². The quantitative estimate of drug-likeness (QED) is 0.401. The molecule has 0 aliphatic heterocycles. The summed E-state index contributed by atoms with van der Waals surface area (Å²) in [6.07, 6.45) is 15.8. The maximum Gasteiger partial charge on any atom is 0.189 e. The SMILES string of the molecule is CCCCCCCC/C=C/CCc1cc(=O)c2ccccc2n1C. The van der Waals surface area contributed by atoms with Crippen molar-refractivity contribution in [3.05, 3.63) is 58.4 Å². The second-order valence-corrected chi connectivity index (χ2v) is 6.64. The number of hydrogen-bond acceptors (Lipinski definition) is 1. The molecule has 2 heteroatoms. The zero-order valence-corrected chi connectivity index (χ0v) is 15.3. The summed E-state index contributed by atoms with van der Waals surface area (Å²) in [4.78, 5) is 12.2. The van der Waals surface area contributed by atoms with Gasteiger partial charge in [-0.3, -0.25) is 4.79 Å². The van der Waals surface area contributed by atoms with E-state index in [-0.39, 0.29) is 5.43 Å². The Morgan fingerprint density at radius 1 is 0.958 bits per heavy atom. The fraction of sp³-hybridized carbons (Fsp3) is 0.500. The van der Waals surface area contributed by atoms with Gasteiger partial charge in [-0.1, -0.05) is 63.3 Å². The molecule has 2 nitrogen and oxygen atoms in total. The van der Waals surface area contributed by atoms with Crippen LogP contribution in [0.3, 0.4) is 0 Å². The number of pyridine rings is 1. The van der Waals surface area contributed by atoms with Gasteiger partial charge in [0.15, 0.2) is 5.43 Å². The van der Waals surface area contributed by atoms with Crippen LogP contribution in [0.4, 0.5) is 0 Å². The fourth-order valence-corrected chi connectivity index (χ4v) is 3.20. The monoisotopic (exact) mass is 325 g/mol. The number of para-hydroxylation sites is 1. The topological polar surface area (TPSA) is 22.0 Å². The maximum atomic E-state index is 12.2. The molecular weight excluding hydrogens is 294 g/mol. The Labute approximate surface area is 146 Å². The van der Waals surface area contributed by atoms with Gasteiger partial charge in [0.1, 0.15) is 0 Å². The van der Waals surface area contributed by atoms with Gasteiger partial charge in [-0.2, -0.15) is 0 Å². The van der Waals surface area contributed by atoms with E-state index in [1.165, 1.54) is 44.9 Å². The summed E-state index contributed by atoms with van der Waals surface area (Å²) < 4.78 is 2.15. The number of rotatable bonds is 10. The number of aryl methyl sites for hydroxylation is 2. The third-order valence-electron chi connectivity index (χ3n) is 4.72. The van der Waals surface area contributed by atoms with E-state index in [0.717, 1.165) is 29.4 Å². The Morgan fingerprint density at radius 2 is 1.67 bits per heavy atom. The van der Waals surface area contributed by atoms with Gasteiger partial charge in [-0.25, -0.2) is 0 Å². The minimum atomic E-state index is 0.134. The third-order valence-corrected chi connectivity index (χ3v) is 4.72. The van der Waals surface area contributed by atoms with Crippen molar-refractivity contribution in [2.75, 3.05) is 0 Å². The van der Waals surface area contributed by atoms with Crippen molar-refractivity contribution in [2.24, 2.45) is 7.05 Å². The predicted molar refractivity (Wildman–Crippen MR) is 105 cm³/mol. The average molecular weight is 325 g/mol. The number of fused-ring (bicyclic) bond motifs is 1. The summed E-state index contributed by atoms with van der Waals surface area (Å²) in [5.41, 5.74) is 2.27. The number of aromatic nitrogens is 1. The smallest absolute Gasteiger partial charge is 0.189 e. The number of hydrogen-bond donors (Lipinski definition) is 0. The normalized spacial score (nSPS) is 11.6. The molecule has 0 spiro atoms. The van der Waals surface area contributed by atoms with Crippen molar-refractivity contribution in [1.82, 2.24) is 4.57 Å². The third kappa shape index (κ3) is 5.36. The highest BCUT2D eigenvalue weighted by molar-refractivity contribution is 5.79. The van der Waals surface area contributed by atoms with Crippen LogP contribution < -0.4 is 5.43 Å². The van der Waals surface area contributed by atoms with Crippen LogP contribution >= 0.6 is 0 Å². The van der Waals surface area contributed by atoms with Crippen LogP contribution in [0.5, 0.6) is 0 Å². The number of allylic oxidation sites excluding steroid dienone is 2. The van der Waals surface area contributed by atoms with Crippen LogP contribution in [0.2, 0.25) is 0 Å². The Morgan fingerprint density at radius 3 is 2.50 bits per heavy atom. The molecule has 1 heterocycles. The minimum absolute atomic E-state index is 0.134. The van der Waals surface area contributed by atoms with E-state index in [0.29, 0.717) is 0 Å². The molecule has 0 N–H and O–H groups in total. The van der Waals surface area contributed by atoms with E-state index >= 15 is 0 Å². The lowest BCUT2D eigenvalue weighted by molar-refractivity contribution is 0.611. The highest BCUT2D eigenvalue weighted by atomic mass is 16.1. The molecule has 0 radical (unpaired) electrons. The average Bonchev–Trinajstić information content (AvgIpc) is 2.60. The molecule has 0 aliphatic carbocycles. The van der Waals surface area contributed by atoms with E-state index in [1.807, 2.05) is 24.3 Å². The van der Waals surface area contributed by atoms with E-state index in [1.54, 1.807) is 6.07 Å². The van der Waals surface area contributed by atoms with Crippen molar-refractivity contribution < 1.29 is 0 Å². The van der Waals surface area contributed by atoms with Gasteiger partial charge in [0.05, 0.1) is 5.52 Å². The number of unbranched alkanes of at least 4 members (excludes halogenated alkanes) is 6. The summed E-state index contributed by atoms with van der Waals surface area (Å²) in [5, 5.41) is 0.808. The molecular formula is C22H31NO. The molecule has 0 saturated heterocycles. The Hall–Kier alpha value is -1.83. The van der Waals surface area contributed by atoms with Crippen molar-refractivity contribution in [2.45, 2.75) is 64.7 Å². The molecule has 1 aromatic heterocycles. The highest BCUT2D eigenvalue weighted by Gasteiger charge is 2.04. The molecule has 0 atom stereocenters. The first-order valence-electron chi connectivity index (χ1n) is 9.46. The van der Waals surface area contributed by atoms with Crippen molar-refractivity contribution >= 4 is 10.9 Å². The summed E-state index contributed by atoms with van der Waals surface area (Å²) in [5.74, 6) is 0. The van der Waals surface area contributed by atoms with Crippen LogP contribution in [0.15, 0.2) is 47.3 Å². The summed E-state index contributed by atoms with van der Waals surface area (Å²) >= 11 is 0. The lowest BCUT2D eigenvalue weighted by atomic mass is 10.1. The Bertz CT molecular complexity index is 711. The summed E-state index contributed by atoms with van der Waals surface area (Å²) in [7, 11) is 2.05. The summed E-state index contributed by atoms with van der Waals surface area (Å²) in [6.45, 7) is 2.26. The second-order valence-electron chi connectivity index (χ2n) is 6.64. The van der Waals surface area contributed by atoms with E-state index in [2.05, 4.69) is 30.7 Å². The van der Waals surface area contributed by atoms with Crippen LogP contribution in [-0.2, 0) is 13.5 Å². The Balaban J connectivity index is 1.78. The molecule has 0 aliphatic rings. The van der Waals surface area contributed by atoms with Crippen LogP contribution in [-0.4, -0.2) is 4.57 Å². The zero-order chi connectivity index (χ0) is 17.2. The van der Waals surface area contributed by atoms with Gasteiger partial charge in [0, 0.05) is 24.2 Å². The van der Waals surface area contributed by atoms with Crippen LogP contribution in [0.1, 0.15) is 64.0 Å². The highest BCUT2D eigenvalue weighted by Crippen LogP contribution is 2.13. The minimum Gasteiger partial charge on any atom is -0.347 e. The van der Waals surface area contributed by atoms with E-state index in [9.17, 15) is 4.79 Å². The maximum absolute atomic E-state index is 12.2. The molecule has 130 valence electrons. The second kappa shape index (κ2) is 10.1. The lowest BCUT2D eigenvalue weighted by Gasteiger charge is -2.11. The fourth-order valence-electron chi connectivity index (χ4n) is 3.20. The number of benzene rings is 1. The number of nitrogens with zero attached hydrogens (tertiary/aromatic N) is 1. The first kappa shape index (κ1) is 18.5. The van der Waals surface area contributed by atoms with Gasteiger partial charge in [0.2, 0.25) is 0 Å². The van der Waals surface area contributed by atoms with Crippen LogP contribution in [0, 0.1) is 0 Å². The first-order chi connectivity index (χ1) is 11.7. The van der Waals surface area contributed by atoms with Crippen LogP contribution in [0.25, 0.3) is 10.9 Å². The molecule has 0 unspecified atom stereocenters. The molecule has 0 bridgehead atoms. The van der Waals surface area contributed by atoms with Crippen molar-refractivity contribution in [3.8, 4) is 0 Å². The summed E-state index contributed by atoms with van der Waals surface area (Å²) in [6, 6.07) is 9.64. The largest absolute Gasteiger partial charge is 0.347 e. The molecule has 0 amide bonds. The van der Waals surface area contributed by atoms with Gasteiger partial charge in [0.25, 0.3) is 0 Å². The molecule has 0 fully saturated rings. The van der Waals surface area contributed by atoms with Crippen molar-refractivity contribution in [1.29, 1.82) is 0 Å².